The molecular formula is C12H20N2O8. The first-order chi connectivity index (χ1) is 10.3. The van der Waals surface area contributed by atoms with E-state index in [1.54, 1.807) is 0 Å². The largest absolute Gasteiger partial charge is 0.394 e. The summed E-state index contributed by atoms with van der Waals surface area (Å²) in [4.78, 5) is 7.45. The van der Waals surface area contributed by atoms with Crippen molar-refractivity contribution in [2.45, 2.75) is 36.6 Å². The average Bonchev–Trinajstić information content (AvgIpc) is 2.57. The summed E-state index contributed by atoms with van der Waals surface area (Å²) >= 11 is 0. The van der Waals surface area contributed by atoms with Crippen LogP contribution in [0.15, 0.2) is 12.4 Å². The molecule has 0 fully saturated rings. The van der Waals surface area contributed by atoms with Crippen LogP contribution in [0.2, 0.25) is 0 Å². The molecule has 1 aromatic rings. The average molecular weight is 320 g/mol. The quantitative estimate of drug-likeness (QED) is 0.234. The summed E-state index contributed by atoms with van der Waals surface area (Å²) in [5.41, 5.74) is -0.263. The zero-order valence-corrected chi connectivity index (χ0v) is 11.5. The molecule has 0 amide bonds. The van der Waals surface area contributed by atoms with Gasteiger partial charge in [-0.1, -0.05) is 0 Å². The molecule has 0 saturated heterocycles. The SMILES string of the molecule is OC[C@H](O)[C@H](O)[C@H](O)c1cnc([C@@H](O)[C@@H](O)[C@@H](O)CO)cn1. The van der Waals surface area contributed by atoms with E-state index in [0.29, 0.717) is 0 Å². The van der Waals surface area contributed by atoms with Gasteiger partial charge in [-0.15, -0.1) is 0 Å². The molecule has 0 aliphatic carbocycles. The predicted molar refractivity (Wildman–Crippen MR) is 70.2 cm³/mol. The lowest BCUT2D eigenvalue weighted by Gasteiger charge is -2.22. The van der Waals surface area contributed by atoms with E-state index >= 15 is 0 Å². The van der Waals surface area contributed by atoms with Crippen molar-refractivity contribution in [2.24, 2.45) is 0 Å². The Morgan fingerprint density at radius 1 is 0.682 bits per heavy atom. The minimum atomic E-state index is -1.68. The van der Waals surface area contributed by atoms with Crippen LogP contribution in [-0.2, 0) is 0 Å². The Kier molecular flexibility index (Phi) is 7.19. The summed E-state index contributed by atoms with van der Waals surface area (Å²) in [7, 11) is 0. The van der Waals surface area contributed by atoms with Crippen LogP contribution in [0, 0.1) is 0 Å². The molecule has 0 unspecified atom stereocenters. The molecule has 0 bridgehead atoms. The normalized spacial score (nSPS) is 20.0. The molecule has 0 aliphatic rings. The highest BCUT2D eigenvalue weighted by atomic mass is 16.4. The summed E-state index contributed by atoms with van der Waals surface area (Å²) in [6.07, 6.45) is -7.74. The van der Waals surface area contributed by atoms with Crippen LogP contribution in [0.25, 0.3) is 0 Å². The topological polar surface area (TPSA) is 188 Å². The molecule has 10 nitrogen and oxygen atoms in total. The smallest absolute Gasteiger partial charge is 0.126 e. The van der Waals surface area contributed by atoms with Gasteiger partial charge in [0.1, 0.15) is 36.6 Å². The molecule has 1 aromatic heterocycles. The number of aliphatic hydroxyl groups excluding tert-OH is 8. The van der Waals surface area contributed by atoms with Crippen molar-refractivity contribution in [3.8, 4) is 0 Å². The van der Waals surface area contributed by atoms with E-state index in [2.05, 4.69) is 9.97 Å². The van der Waals surface area contributed by atoms with Gasteiger partial charge in [-0.3, -0.25) is 9.97 Å². The van der Waals surface area contributed by atoms with Gasteiger partial charge in [-0.2, -0.15) is 0 Å². The van der Waals surface area contributed by atoms with Gasteiger partial charge >= 0.3 is 0 Å². The fraction of sp³-hybridized carbons (Fsp3) is 0.667. The van der Waals surface area contributed by atoms with Gasteiger partial charge in [-0.25, -0.2) is 0 Å². The van der Waals surface area contributed by atoms with Crippen molar-refractivity contribution in [1.82, 2.24) is 9.97 Å². The third-order valence-corrected chi connectivity index (χ3v) is 3.11. The van der Waals surface area contributed by atoms with Crippen LogP contribution in [0.4, 0.5) is 0 Å². The molecule has 0 saturated carbocycles. The van der Waals surface area contributed by atoms with Gasteiger partial charge in [0, 0.05) is 0 Å². The lowest BCUT2D eigenvalue weighted by molar-refractivity contribution is -0.0808. The Bertz CT molecular complexity index is 404. The second-order valence-electron chi connectivity index (χ2n) is 4.74. The molecule has 0 aliphatic heterocycles. The van der Waals surface area contributed by atoms with Gasteiger partial charge < -0.3 is 40.9 Å². The third-order valence-electron chi connectivity index (χ3n) is 3.11. The molecule has 126 valence electrons. The minimum absolute atomic E-state index is 0.131. The zero-order valence-electron chi connectivity index (χ0n) is 11.5. The van der Waals surface area contributed by atoms with Crippen LogP contribution >= 0.6 is 0 Å². The summed E-state index contributed by atoms with van der Waals surface area (Å²) in [5.74, 6) is 0. The van der Waals surface area contributed by atoms with E-state index in [-0.39, 0.29) is 11.4 Å². The second-order valence-corrected chi connectivity index (χ2v) is 4.74. The Morgan fingerprint density at radius 2 is 1.00 bits per heavy atom. The van der Waals surface area contributed by atoms with Crippen LogP contribution in [0.3, 0.4) is 0 Å². The van der Waals surface area contributed by atoms with E-state index in [1.807, 2.05) is 0 Å². The van der Waals surface area contributed by atoms with Crippen LogP contribution in [-0.4, -0.2) is 88.4 Å². The molecule has 6 atom stereocenters. The van der Waals surface area contributed by atoms with Gasteiger partial charge in [0.25, 0.3) is 0 Å². The molecule has 0 spiro atoms. The molecule has 8 N–H and O–H groups in total. The number of hydrogen-bond donors (Lipinski definition) is 8. The molecular weight excluding hydrogens is 300 g/mol. The highest BCUT2D eigenvalue weighted by molar-refractivity contribution is 5.10. The molecule has 22 heavy (non-hydrogen) atoms. The van der Waals surface area contributed by atoms with Crippen LogP contribution < -0.4 is 0 Å². The van der Waals surface area contributed by atoms with Crippen molar-refractivity contribution in [2.75, 3.05) is 13.2 Å². The highest BCUT2D eigenvalue weighted by Crippen LogP contribution is 2.20. The molecule has 1 rings (SSSR count). The highest BCUT2D eigenvalue weighted by Gasteiger charge is 2.29. The number of aliphatic hydroxyl groups is 8. The molecule has 10 heteroatoms. The Morgan fingerprint density at radius 3 is 1.23 bits per heavy atom. The van der Waals surface area contributed by atoms with Crippen LogP contribution in [0.1, 0.15) is 23.6 Å². The number of rotatable bonds is 8. The minimum Gasteiger partial charge on any atom is -0.394 e. The maximum absolute atomic E-state index is 9.75. The van der Waals surface area contributed by atoms with Gasteiger partial charge in [0.2, 0.25) is 0 Å². The van der Waals surface area contributed by atoms with Crippen LogP contribution in [0.5, 0.6) is 0 Å². The zero-order chi connectivity index (χ0) is 16.9. The van der Waals surface area contributed by atoms with Gasteiger partial charge in [0.05, 0.1) is 37.0 Å². The Hall–Kier alpha value is -1.24. The van der Waals surface area contributed by atoms with E-state index in [4.69, 9.17) is 10.2 Å². The van der Waals surface area contributed by atoms with Crippen molar-refractivity contribution in [1.29, 1.82) is 0 Å². The fourth-order valence-corrected chi connectivity index (χ4v) is 1.64. The van der Waals surface area contributed by atoms with Crippen molar-refractivity contribution < 1.29 is 40.9 Å². The first kappa shape index (κ1) is 18.8. The molecule has 0 aromatic carbocycles. The third kappa shape index (κ3) is 4.38. The summed E-state index contributed by atoms with van der Waals surface area (Å²) in [6, 6.07) is 0. The standard InChI is InChI=1S/C12H20N2O8/c15-3-7(17)11(21)9(19)5-1-13-6(2-14-5)10(20)12(22)8(18)4-16/h1-2,7-12,15-22H,3-4H2/t7-,8-,9+,10+,11-,12-/m0/s1. The first-order valence-corrected chi connectivity index (χ1v) is 6.45. The number of aromatic nitrogens is 2. The first-order valence-electron chi connectivity index (χ1n) is 6.45. The lowest BCUT2D eigenvalue weighted by Crippen LogP contribution is -2.36. The van der Waals surface area contributed by atoms with E-state index in [0.717, 1.165) is 12.4 Å². The summed E-state index contributed by atoms with van der Waals surface area (Å²) in [6.45, 7) is -1.51. The monoisotopic (exact) mass is 320 g/mol. The van der Waals surface area contributed by atoms with Crippen molar-refractivity contribution >= 4 is 0 Å². The number of hydrogen-bond acceptors (Lipinski definition) is 10. The van der Waals surface area contributed by atoms with Crippen molar-refractivity contribution in [3.63, 3.8) is 0 Å². The second kappa shape index (κ2) is 8.41. The maximum Gasteiger partial charge on any atom is 0.126 e. The molecule has 1 heterocycles. The Balaban J connectivity index is 2.82. The van der Waals surface area contributed by atoms with E-state index in [9.17, 15) is 30.6 Å². The lowest BCUT2D eigenvalue weighted by atomic mass is 10.0. The van der Waals surface area contributed by atoms with E-state index in [1.165, 1.54) is 0 Å². The summed E-state index contributed by atoms with van der Waals surface area (Å²) < 4.78 is 0. The van der Waals surface area contributed by atoms with Gasteiger partial charge in [0.15, 0.2) is 0 Å². The molecule has 0 radical (unpaired) electrons. The Labute approximate surface area is 125 Å². The maximum atomic E-state index is 9.75. The fourth-order valence-electron chi connectivity index (χ4n) is 1.64. The number of nitrogens with zero attached hydrogens (tertiary/aromatic N) is 2. The predicted octanol–water partition coefficient (Wildman–Crippen LogP) is -4.03. The van der Waals surface area contributed by atoms with Gasteiger partial charge in [-0.05, 0) is 0 Å². The van der Waals surface area contributed by atoms with Crippen molar-refractivity contribution in [3.05, 3.63) is 23.8 Å². The van der Waals surface area contributed by atoms with E-state index < -0.39 is 49.8 Å². The summed E-state index contributed by atoms with van der Waals surface area (Å²) in [5, 5.41) is 74.4.